The van der Waals surface area contributed by atoms with Crippen LogP contribution in [0.5, 0.6) is 11.5 Å². The van der Waals surface area contributed by atoms with Crippen LogP contribution in [0.15, 0.2) is 82.6 Å². The van der Waals surface area contributed by atoms with Gasteiger partial charge in [0.15, 0.2) is 0 Å². The predicted octanol–water partition coefficient (Wildman–Crippen LogP) is 4.15. The molecule has 0 saturated carbocycles. The molecule has 27 heavy (non-hydrogen) atoms. The first-order valence-corrected chi connectivity index (χ1v) is 9.88. The van der Waals surface area contributed by atoms with Gasteiger partial charge in [0.25, 0.3) is 0 Å². The number of anilines is 1. The largest absolute Gasteiger partial charge is 0.497 e. The quantitative estimate of drug-likeness (QED) is 0.664. The lowest BCUT2D eigenvalue weighted by atomic mass is 10.2. The standard InChI is InChI=1S/C21H21NO4S/c1-25-17-12-13-20(26-2)16(14-17)15-22-19-10-6-7-11-21(19)27(23,24)18-8-4-3-5-9-18/h3-14,22H,15H2,1-2H3. The zero-order valence-corrected chi connectivity index (χ0v) is 16.0. The van der Waals surface area contributed by atoms with Crippen LogP contribution in [0.3, 0.4) is 0 Å². The van der Waals surface area contributed by atoms with E-state index in [1.807, 2.05) is 18.2 Å². The maximum atomic E-state index is 13.0. The molecule has 0 amide bonds. The highest BCUT2D eigenvalue weighted by Gasteiger charge is 2.20. The average molecular weight is 383 g/mol. The normalized spacial score (nSPS) is 11.0. The number of sulfone groups is 1. The van der Waals surface area contributed by atoms with Gasteiger partial charge >= 0.3 is 0 Å². The Kier molecular flexibility index (Phi) is 5.66. The van der Waals surface area contributed by atoms with Gasteiger partial charge < -0.3 is 14.8 Å². The van der Waals surface area contributed by atoms with Crippen LogP contribution < -0.4 is 14.8 Å². The van der Waals surface area contributed by atoms with Crippen LogP contribution in [-0.4, -0.2) is 22.6 Å². The summed E-state index contributed by atoms with van der Waals surface area (Å²) < 4.78 is 36.7. The molecule has 0 saturated heterocycles. The lowest BCUT2D eigenvalue weighted by Crippen LogP contribution is -2.08. The van der Waals surface area contributed by atoms with E-state index in [4.69, 9.17) is 9.47 Å². The molecule has 3 aromatic rings. The first kappa shape index (κ1) is 18.8. The molecule has 0 aromatic heterocycles. The zero-order valence-electron chi connectivity index (χ0n) is 15.2. The summed E-state index contributed by atoms with van der Waals surface area (Å²) in [7, 11) is -0.427. The maximum absolute atomic E-state index is 13.0. The van der Waals surface area contributed by atoms with E-state index >= 15 is 0 Å². The summed E-state index contributed by atoms with van der Waals surface area (Å²) in [5, 5.41) is 3.22. The highest BCUT2D eigenvalue weighted by atomic mass is 32.2. The van der Waals surface area contributed by atoms with Crippen molar-refractivity contribution in [2.75, 3.05) is 19.5 Å². The second-order valence-electron chi connectivity index (χ2n) is 5.84. The molecule has 3 aromatic carbocycles. The molecule has 6 heteroatoms. The van der Waals surface area contributed by atoms with Crippen molar-refractivity contribution < 1.29 is 17.9 Å². The van der Waals surface area contributed by atoms with Crippen molar-refractivity contribution in [1.82, 2.24) is 0 Å². The summed E-state index contributed by atoms with van der Waals surface area (Å²) in [6.45, 7) is 0.391. The first-order valence-electron chi connectivity index (χ1n) is 8.40. The lowest BCUT2D eigenvalue weighted by Gasteiger charge is -2.15. The van der Waals surface area contributed by atoms with Crippen LogP contribution in [0, 0.1) is 0 Å². The van der Waals surface area contributed by atoms with E-state index in [0.717, 1.165) is 5.56 Å². The number of methoxy groups -OCH3 is 2. The van der Waals surface area contributed by atoms with Crippen molar-refractivity contribution in [3.05, 3.63) is 78.4 Å². The van der Waals surface area contributed by atoms with Gasteiger partial charge in [-0.2, -0.15) is 0 Å². The summed E-state index contributed by atoms with van der Waals surface area (Å²) in [6, 6.07) is 20.8. The van der Waals surface area contributed by atoms with Crippen LogP contribution in [0.4, 0.5) is 5.69 Å². The summed E-state index contributed by atoms with van der Waals surface area (Å²) >= 11 is 0. The van der Waals surface area contributed by atoms with E-state index in [-0.39, 0.29) is 9.79 Å². The highest BCUT2D eigenvalue weighted by Crippen LogP contribution is 2.29. The van der Waals surface area contributed by atoms with Gasteiger partial charge in [-0.3, -0.25) is 0 Å². The van der Waals surface area contributed by atoms with Gasteiger partial charge in [0.1, 0.15) is 11.5 Å². The Balaban J connectivity index is 1.92. The predicted molar refractivity (Wildman–Crippen MR) is 105 cm³/mol. The molecule has 0 atom stereocenters. The molecular formula is C21H21NO4S. The Labute approximate surface area is 159 Å². The second kappa shape index (κ2) is 8.14. The minimum absolute atomic E-state index is 0.234. The Hall–Kier alpha value is -2.99. The Bertz CT molecular complexity index is 1020. The number of nitrogens with one attached hydrogen (secondary N) is 1. The molecule has 1 N–H and O–H groups in total. The van der Waals surface area contributed by atoms with Gasteiger partial charge in [0.2, 0.25) is 9.84 Å². The fraction of sp³-hybridized carbons (Fsp3) is 0.143. The van der Waals surface area contributed by atoms with Crippen molar-refractivity contribution in [1.29, 1.82) is 0 Å². The molecule has 3 rings (SSSR count). The monoisotopic (exact) mass is 383 g/mol. The van der Waals surface area contributed by atoms with Crippen LogP contribution in [0.25, 0.3) is 0 Å². The number of benzene rings is 3. The van der Waals surface area contributed by atoms with Crippen molar-refractivity contribution in [2.45, 2.75) is 16.3 Å². The molecule has 0 heterocycles. The average Bonchev–Trinajstić information content (AvgIpc) is 2.72. The van der Waals surface area contributed by atoms with Gasteiger partial charge in [0.05, 0.1) is 29.7 Å². The Morgan fingerprint density at radius 1 is 0.852 bits per heavy atom. The van der Waals surface area contributed by atoms with Gasteiger partial charge in [-0.05, 0) is 42.5 Å². The number of rotatable bonds is 7. The molecule has 0 fully saturated rings. The number of hydrogen-bond donors (Lipinski definition) is 1. The third-order valence-corrected chi connectivity index (χ3v) is 6.01. The minimum atomic E-state index is -3.62. The van der Waals surface area contributed by atoms with Gasteiger partial charge in [-0.25, -0.2) is 8.42 Å². The molecular weight excluding hydrogens is 362 g/mol. The second-order valence-corrected chi connectivity index (χ2v) is 7.76. The van der Waals surface area contributed by atoms with Gasteiger partial charge in [-0.1, -0.05) is 30.3 Å². The molecule has 0 aliphatic rings. The van der Waals surface area contributed by atoms with Gasteiger partial charge in [0, 0.05) is 12.1 Å². The Morgan fingerprint density at radius 2 is 1.56 bits per heavy atom. The molecule has 140 valence electrons. The molecule has 0 spiro atoms. The summed E-state index contributed by atoms with van der Waals surface area (Å²) in [5.74, 6) is 1.41. The van der Waals surface area contributed by atoms with E-state index in [0.29, 0.717) is 23.7 Å². The lowest BCUT2D eigenvalue weighted by molar-refractivity contribution is 0.399. The van der Waals surface area contributed by atoms with E-state index in [1.165, 1.54) is 0 Å². The number of hydrogen-bond acceptors (Lipinski definition) is 5. The zero-order chi connectivity index (χ0) is 19.3. The van der Waals surface area contributed by atoms with Crippen molar-refractivity contribution in [3.8, 4) is 11.5 Å². The highest BCUT2D eigenvalue weighted by molar-refractivity contribution is 7.91. The van der Waals surface area contributed by atoms with Gasteiger partial charge in [-0.15, -0.1) is 0 Å². The van der Waals surface area contributed by atoms with E-state index in [1.54, 1.807) is 68.8 Å². The number of ether oxygens (including phenoxy) is 2. The number of para-hydroxylation sites is 1. The van der Waals surface area contributed by atoms with E-state index in [2.05, 4.69) is 5.32 Å². The fourth-order valence-corrected chi connectivity index (χ4v) is 4.24. The minimum Gasteiger partial charge on any atom is -0.497 e. The third kappa shape index (κ3) is 4.06. The van der Waals surface area contributed by atoms with Crippen LogP contribution in [0.2, 0.25) is 0 Å². The van der Waals surface area contributed by atoms with Crippen LogP contribution >= 0.6 is 0 Å². The molecule has 0 aliphatic carbocycles. The maximum Gasteiger partial charge on any atom is 0.208 e. The SMILES string of the molecule is COc1ccc(OC)c(CNc2ccccc2S(=O)(=O)c2ccccc2)c1. The fourth-order valence-electron chi connectivity index (χ4n) is 2.78. The van der Waals surface area contributed by atoms with E-state index in [9.17, 15) is 8.42 Å². The topological polar surface area (TPSA) is 64.6 Å². The summed E-state index contributed by atoms with van der Waals surface area (Å²) in [5.41, 5.74) is 1.40. The molecule has 0 radical (unpaired) electrons. The van der Waals surface area contributed by atoms with Crippen LogP contribution in [-0.2, 0) is 16.4 Å². The molecule has 5 nitrogen and oxygen atoms in total. The van der Waals surface area contributed by atoms with Crippen molar-refractivity contribution in [2.24, 2.45) is 0 Å². The van der Waals surface area contributed by atoms with Crippen LogP contribution in [0.1, 0.15) is 5.56 Å². The Morgan fingerprint density at radius 3 is 2.26 bits per heavy atom. The molecule has 0 unspecified atom stereocenters. The molecule has 0 aliphatic heterocycles. The first-order chi connectivity index (χ1) is 13.1. The molecule has 0 bridgehead atoms. The smallest absolute Gasteiger partial charge is 0.208 e. The third-order valence-electron chi connectivity index (χ3n) is 4.19. The van der Waals surface area contributed by atoms with E-state index < -0.39 is 9.84 Å². The summed E-state index contributed by atoms with van der Waals surface area (Å²) in [4.78, 5) is 0.497. The van der Waals surface area contributed by atoms with Crippen molar-refractivity contribution in [3.63, 3.8) is 0 Å². The summed E-state index contributed by atoms with van der Waals surface area (Å²) in [6.07, 6.45) is 0. The van der Waals surface area contributed by atoms with Crippen molar-refractivity contribution >= 4 is 15.5 Å².